The van der Waals surface area contributed by atoms with E-state index in [1.807, 2.05) is 6.07 Å². The lowest BCUT2D eigenvalue weighted by molar-refractivity contribution is -0.143. The number of carbonyl (C=O) groups is 6. The van der Waals surface area contributed by atoms with E-state index in [0.29, 0.717) is 11.5 Å². The first-order valence-electron chi connectivity index (χ1n) is 16.1. The zero-order valence-corrected chi connectivity index (χ0v) is 27.8. The Balaban J connectivity index is 1.50. The van der Waals surface area contributed by atoms with Gasteiger partial charge < -0.3 is 36.2 Å². The summed E-state index contributed by atoms with van der Waals surface area (Å²) in [4.78, 5) is 92.6. The van der Waals surface area contributed by atoms with Crippen LogP contribution in [0.15, 0.2) is 48.8 Å². The SMILES string of the molecule is Cc1nc2ncccn2c1C(=O)N[C@H]1C[C@H]2C(=O)N[C@@H](CO)C(=O)N(C)CC(=O)N[C@H](C(C)C)C(=O)N[C@@H](Cc3ccccc3)C(=O)N2C1. The van der Waals surface area contributed by atoms with Gasteiger partial charge >= 0.3 is 0 Å². The van der Waals surface area contributed by atoms with Crippen LogP contribution in [0.1, 0.15) is 42.0 Å². The molecule has 0 aliphatic carbocycles. The molecule has 1 aromatic carbocycles. The first-order chi connectivity index (χ1) is 23.4. The van der Waals surface area contributed by atoms with E-state index in [4.69, 9.17) is 0 Å². The normalized spacial score (nSPS) is 24.2. The molecule has 16 heteroatoms. The van der Waals surface area contributed by atoms with E-state index in [2.05, 4.69) is 31.2 Å². The monoisotopic (exact) mass is 675 g/mol. The highest BCUT2D eigenvalue weighted by molar-refractivity contribution is 5.98. The lowest BCUT2D eigenvalue weighted by Gasteiger charge is -2.30. The molecule has 0 radical (unpaired) electrons. The standard InChI is InChI=1S/C33H41N9O7/c1-18(2)26-29(46)37-22(13-20-9-6-5-7-10-20)32(49)42-15-21(36-30(47)27-19(3)35-33-34-11-8-12-41(27)33)14-24(42)28(45)38-23(17-43)31(48)40(4)16-25(44)39-26/h5-12,18,21-24,26,43H,13-17H2,1-4H3,(H,36,47)(H,37,46)(H,38,45)(H,39,44)/t21-,22-,23-,24-,26+/m0/s1. The molecule has 0 unspecified atom stereocenters. The van der Waals surface area contributed by atoms with E-state index in [1.165, 1.54) is 11.9 Å². The minimum atomic E-state index is -1.42. The zero-order chi connectivity index (χ0) is 35.4. The lowest BCUT2D eigenvalue weighted by Crippen LogP contribution is -2.58. The predicted molar refractivity (Wildman–Crippen MR) is 175 cm³/mol. The van der Waals surface area contributed by atoms with Crippen LogP contribution >= 0.6 is 0 Å². The van der Waals surface area contributed by atoms with Crippen molar-refractivity contribution >= 4 is 41.2 Å². The first kappa shape index (κ1) is 34.9. The average molecular weight is 676 g/mol. The quantitative estimate of drug-likeness (QED) is 0.207. The number of aliphatic hydroxyl groups excluding tert-OH is 1. The van der Waals surface area contributed by atoms with Crippen molar-refractivity contribution in [2.45, 2.75) is 63.8 Å². The van der Waals surface area contributed by atoms with Crippen LogP contribution in [0.5, 0.6) is 0 Å². The molecule has 4 heterocycles. The smallest absolute Gasteiger partial charge is 0.270 e. The molecule has 49 heavy (non-hydrogen) atoms. The van der Waals surface area contributed by atoms with Gasteiger partial charge in [0.2, 0.25) is 35.3 Å². The van der Waals surface area contributed by atoms with Crippen LogP contribution < -0.4 is 21.3 Å². The topological polar surface area (TPSA) is 207 Å². The molecule has 0 bridgehead atoms. The van der Waals surface area contributed by atoms with Crippen molar-refractivity contribution in [2.75, 3.05) is 26.7 Å². The van der Waals surface area contributed by atoms with Crippen LogP contribution in [0.4, 0.5) is 0 Å². The van der Waals surface area contributed by atoms with Crippen molar-refractivity contribution in [3.8, 4) is 0 Å². The first-order valence-corrected chi connectivity index (χ1v) is 16.1. The van der Waals surface area contributed by atoms with E-state index in [9.17, 15) is 33.9 Å². The molecule has 0 spiro atoms. The fraction of sp³-hybridized carbons (Fsp3) is 0.455. The third-order valence-electron chi connectivity index (χ3n) is 8.73. The molecular weight excluding hydrogens is 634 g/mol. The van der Waals surface area contributed by atoms with Gasteiger partial charge in [-0.3, -0.25) is 33.2 Å². The molecule has 6 amide bonds. The Morgan fingerprint density at radius 2 is 1.71 bits per heavy atom. The number of nitrogens with zero attached hydrogens (tertiary/aromatic N) is 5. The summed E-state index contributed by atoms with van der Waals surface area (Å²) in [7, 11) is 1.34. The number of aliphatic hydroxyl groups is 1. The van der Waals surface area contributed by atoms with E-state index in [0.717, 1.165) is 10.5 Å². The molecule has 2 aliphatic heterocycles. The predicted octanol–water partition coefficient (Wildman–Crippen LogP) is -1.45. The van der Waals surface area contributed by atoms with Crippen molar-refractivity contribution in [1.29, 1.82) is 0 Å². The summed E-state index contributed by atoms with van der Waals surface area (Å²) >= 11 is 0. The summed E-state index contributed by atoms with van der Waals surface area (Å²) in [6.45, 7) is 3.82. The van der Waals surface area contributed by atoms with Crippen LogP contribution in [0.2, 0.25) is 0 Å². The summed E-state index contributed by atoms with van der Waals surface area (Å²) in [5, 5.41) is 21.0. The fourth-order valence-corrected chi connectivity index (χ4v) is 6.24. The zero-order valence-electron chi connectivity index (χ0n) is 27.8. The van der Waals surface area contributed by atoms with Crippen molar-refractivity contribution in [3.63, 3.8) is 0 Å². The van der Waals surface area contributed by atoms with Crippen LogP contribution in [0.3, 0.4) is 0 Å². The molecule has 5 atom stereocenters. The van der Waals surface area contributed by atoms with Gasteiger partial charge in [-0.1, -0.05) is 44.2 Å². The van der Waals surface area contributed by atoms with Gasteiger partial charge in [0.15, 0.2) is 0 Å². The molecule has 2 saturated heterocycles. The van der Waals surface area contributed by atoms with Crippen molar-refractivity contribution in [2.24, 2.45) is 5.92 Å². The Bertz CT molecular complexity index is 1740. The lowest BCUT2D eigenvalue weighted by atomic mass is 10.0. The summed E-state index contributed by atoms with van der Waals surface area (Å²) in [6.07, 6.45) is 3.25. The number of hydrogen-bond acceptors (Lipinski definition) is 9. The Labute approximate surface area is 282 Å². The van der Waals surface area contributed by atoms with Crippen LogP contribution in [-0.2, 0) is 30.4 Å². The number of fused-ring (bicyclic) bond motifs is 2. The second-order valence-corrected chi connectivity index (χ2v) is 12.7. The van der Waals surface area contributed by atoms with Gasteiger partial charge in [-0.05, 0) is 30.9 Å². The third kappa shape index (κ3) is 7.69. The van der Waals surface area contributed by atoms with Gasteiger partial charge in [0.05, 0.1) is 18.8 Å². The molecule has 16 nitrogen and oxygen atoms in total. The summed E-state index contributed by atoms with van der Waals surface area (Å²) < 4.78 is 1.54. The maximum atomic E-state index is 14.4. The summed E-state index contributed by atoms with van der Waals surface area (Å²) in [5.74, 6) is -3.89. The molecule has 5 rings (SSSR count). The van der Waals surface area contributed by atoms with Gasteiger partial charge in [0.1, 0.15) is 29.9 Å². The van der Waals surface area contributed by atoms with Gasteiger partial charge in [-0.2, -0.15) is 0 Å². The van der Waals surface area contributed by atoms with E-state index in [-0.39, 0.29) is 31.0 Å². The number of hydrogen-bond donors (Lipinski definition) is 5. The van der Waals surface area contributed by atoms with Crippen molar-refractivity contribution in [3.05, 3.63) is 65.7 Å². The highest BCUT2D eigenvalue weighted by Crippen LogP contribution is 2.22. The Morgan fingerprint density at radius 1 is 1.00 bits per heavy atom. The van der Waals surface area contributed by atoms with E-state index < -0.39 is 78.8 Å². The minimum absolute atomic E-state index is 0.0276. The number of carbonyl (C=O) groups excluding carboxylic acids is 6. The fourth-order valence-electron chi connectivity index (χ4n) is 6.24. The van der Waals surface area contributed by atoms with Crippen LogP contribution in [0, 0.1) is 12.8 Å². The highest BCUT2D eigenvalue weighted by atomic mass is 16.3. The Hall–Kier alpha value is -5.38. The molecule has 260 valence electrons. The van der Waals surface area contributed by atoms with Gasteiger partial charge in [-0.15, -0.1) is 0 Å². The van der Waals surface area contributed by atoms with Gasteiger partial charge in [0.25, 0.3) is 5.91 Å². The molecule has 2 aromatic heterocycles. The molecule has 0 saturated carbocycles. The molecular formula is C33H41N9O7. The molecule has 2 aliphatic rings. The Morgan fingerprint density at radius 3 is 2.41 bits per heavy atom. The number of likely N-dealkylation sites (N-methyl/N-ethyl adjacent to an activating group) is 1. The largest absolute Gasteiger partial charge is 0.394 e. The summed E-state index contributed by atoms with van der Waals surface area (Å²) in [6, 6.07) is 5.14. The molecule has 3 aromatic rings. The third-order valence-corrected chi connectivity index (χ3v) is 8.73. The number of aryl methyl sites for hydroxylation is 1. The maximum Gasteiger partial charge on any atom is 0.270 e. The summed E-state index contributed by atoms with van der Waals surface area (Å²) in [5.41, 5.74) is 1.41. The van der Waals surface area contributed by atoms with Crippen LogP contribution in [-0.4, -0.2) is 122 Å². The second-order valence-electron chi connectivity index (χ2n) is 12.7. The second kappa shape index (κ2) is 14.8. The van der Waals surface area contributed by atoms with Gasteiger partial charge in [0, 0.05) is 38.4 Å². The van der Waals surface area contributed by atoms with Crippen molar-refractivity contribution in [1.82, 2.24) is 45.4 Å². The number of imidazole rings is 1. The minimum Gasteiger partial charge on any atom is -0.394 e. The molecule has 2 fully saturated rings. The number of amides is 6. The average Bonchev–Trinajstić information content (AvgIpc) is 3.65. The number of aromatic nitrogens is 3. The van der Waals surface area contributed by atoms with Crippen LogP contribution in [0.25, 0.3) is 5.78 Å². The molecule has 5 N–H and O–H groups in total. The number of rotatable bonds is 6. The number of nitrogens with one attached hydrogen (secondary N) is 4. The van der Waals surface area contributed by atoms with E-state index in [1.54, 1.807) is 67.9 Å². The van der Waals surface area contributed by atoms with Crippen molar-refractivity contribution < 1.29 is 33.9 Å². The number of benzene rings is 1. The highest BCUT2D eigenvalue weighted by Gasteiger charge is 2.44. The van der Waals surface area contributed by atoms with E-state index >= 15 is 0 Å². The maximum absolute atomic E-state index is 14.4. The van der Waals surface area contributed by atoms with Gasteiger partial charge in [-0.25, -0.2) is 9.97 Å². The Kier molecular flexibility index (Phi) is 10.6.